The molecule has 0 radical (unpaired) electrons. The Morgan fingerprint density at radius 1 is 1.04 bits per heavy atom. The Morgan fingerprint density at radius 3 is 2.28 bits per heavy atom. The number of aryl methyl sites for hydroxylation is 3. The van der Waals surface area contributed by atoms with Crippen molar-refractivity contribution in [2.24, 2.45) is 0 Å². The minimum atomic E-state index is -3.62. The molecule has 0 saturated carbocycles. The molecule has 2 aromatic rings. The maximum atomic E-state index is 12.7. The molecule has 0 aromatic heterocycles. The molecule has 1 atom stereocenters. The predicted molar refractivity (Wildman–Crippen MR) is 103 cm³/mol. The maximum absolute atomic E-state index is 12.7. The molecule has 0 unspecified atom stereocenters. The van der Waals surface area contributed by atoms with E-state index >= 15 is 0 Å². The van der Waals surface area contributed by atoms with Gasteiger partial charge in [0.15, 0.2) is 0 Å². The average molecular weight is 360 g/mol. The lowest BCUT2D eigenvalue weighted by Crippen LogP contribution is -2.45. The van der Waals surface area contributed by atoms with Gasteiger partial charge in [0.2, 0.25) is 15.9 Å². The third-order valence-corrected chi connectivity index (χ3v) is 5.24. The average Bonchev–Trinajstić information content (AvgIpc) is 2.49. The molecule has 0 bridgehead atoms. The number of nitrogens with zero attached hydrogens (tertiary/aromatic N) is 1. The molecule has 134 valence electrons. The lowest BCUT2D eigenvalue weighted by Gasteiger charge is -2.28. The molecular weight excluding hydrogens is 336 g/mol. The topological polar surface area (TPSA) is 66.5 Å². The van der Waals surface area contributed by atoms with Gasteiger partial charge in [0.25, 0.3) is 0 Å². The second-order valence-electron chi connectivity index (χ2n) is 6.38. The molecule has 25 heavy (non-hydrogen) atoms. The zero-order valence-corrected chi connectivity index (χ0v) is 16.0. The van der Waals surface area contributed by atoms with Gasteiger partial charge in [-0.1, -0.05) is 24.3 Å². The highest BCUT2D eigenvalue weighted by atomic mass is 32.2. The van der Waals surface area contributed by atoms with Crippen LogP contribution in [0.25, 0.3) is 0 Å². The Bertz CT molecular complexity index is 891. The SMILES string of the molecule is Cc1cccc(N([C@@H](C)C(=O)Nc2cc(C)ccc2C)S(C)(=O)=O)c1. The third-order valence-electron chi connectivity index (χ3n) is 4.00. The van der Waals surface area contributed by atoms with E-state index in [1.54, 1.807) is 25.1 Å². The van der Waals surface area contributed by atoms with Gasteiger partial charge >= 0.3 is 0 Å². The van der Waals surface area contributed by atoms with E-state index < -0.39 is 16.1 Å². The summed E-state index contributed by atoms with van der Waals surface area (Å²) in [5.74, 6) is -0.374. The molecule has 2 aromatic carbocycles. The van der Waals surface area contributed by atoms with Crippen LogP contribution >= 0.6 is 0 Å². The van der Waals surface area contributed by atoms with Crippen molar-refractivity contribution in [3.05, 3.63) is 59.2 Å². The predicted octanol–water partition coefficient (Wildman–Crippen LogP) is 3.41. The standard InChI is InChI=1S/C19H24N2O3S/c1-13-7-6-8-17(11-13)21(25(5,23)24)16(4)19(22)20-18-12-14(2)9-10-15(18)3/h6-12,16H,1-5H3,(H,20,22)/t16-/m0/s1. The number of amides is 1. The summed E-state index contributed by atoms with van der Waals surface area (Å²) in [6.45, 7) is 7.30. The fraction of sp³-hybridized carbons (Fsp3) is 0.316. The van der Waals surface area contributed by atoms with Crippen LogP contribution in [0.1, 0.15) is 23.6 Å². The van der Waals surface area contributed by atoms with Crippen LogP contribution in [0.15, 0.2) is 42.5 Å². The molecule has 0 heterocycles. The van der Waals surface area contributed by atoms with Crippen molar-refractivity contribution in [3.8, 4) is 0 Å². The summed E-state index contributed by atoms with van der Waals surface area (Å²) in [6.07, 6.45) is 1.11. The van der Waals surface area contributed by atoms with Gasteiger partial charge < -0.3 is 5.32 Å². The fourth-order valence-corrected chi connectivity index (χ4v) is 3.85. The van der Waals surface area contributed by atoms with Gasteiger partial charge in [0, 0.05) is 5.69 Å². The second kappa shape index (κ2) is 7.27. The minimum absolute atomic E-state index is 0.374. The molecule has 0 aliphatic carbocycles. The van der Waals surface area contributed by atoms with E-state index in [-0.39, 0.29) is 5.91 Å². The van der Waals surface area contributed by atoms with Crippen LogP contribution in [-0.2, 0) is 14.8 Å². The van der Waals surface area contributed by atoms with Crippen molar-refractivity contribution in [2.75, 3.05) is 15.9 Å². The van der Waals surface area contributed by atoms with Crippen molar-refractivity contribution in [1.29, 1.82) is 0 Å². The first-order chi connectivity index (χ1) is 11.6. The third kappa shape index (κ3) is 4.60. The number of anilines is 2. The van der Waals surface area contributed by atoms with Crippen molar-refractivity contribution in [1.82, 2.24) is 0 Å². The molecule has 1 N–H and O–H groups in total. The molecule has 1 amide bonds. The molecule has 0 aliphatic heterocycles. The van der Waals surface area contributed by atoms with Crippen LogP contribution in [0.3, 0.4) is 0 Å². The Labute approximate surface area is 149 Å². The monoisotopic (exact) mass is 360 g/mol. The molecular formula is C19H24N2O3S. The first-order valence-corrected chi connectivity index (χ1v) is 9.88. The Balaban J connectivity index is 2.35. The minimum Gasteiger partial charge on any atom is -0.324 e. The van der Waals surface area contributed by atoms with Gasteiger partial charge in [-0.2, -0.15) is 0 Å². The van der Waals surface area contributed by atoms with E-state index in [9.17, 15) is 13.2 Å². The number of sulfonamides is 1. The summed E-state index contributed by atoms with van der Waals surface area (Å²) in [7, 11) is -3.62. The highest BCUT2D eigenvalue weighted by Gasteiger charge is 2.29. The molecule has 5 nitrogen and oxygen atoms in total. The largest absolute Gasteiger partial charge is 0.324 e. The Morgan fingerprint density at radius 2 is 1.68 bits per heavy atom. The summed E-state index contributed by atoms with van der Waals surface area (Å²) in [4.78, 5) is 12.7. The zero-order chi connectivity index (χ0) is 18.8. The lowest BCUT2D eigenvalue weighted by atomic mass is 10.1. The number of nitrogens with one attached hydrogen (secondary N) is 1. The van der Waals surface area contributed by atoms with E-state index in [1.165, 1.54) is 0 Å². The summed E-state index contributed by atoms with van der Waals surface area (Å²) < 4.78 is 25.8. The molecule has 2 rings (SSSR count). The maximum Gasteiger partial charge on any atom is 0.248 e. The first-order valence-electron chi connectivity index (χ1n) is 8.04. The van der Waals surface area contributed by atoms with Crippen LogP contribution in [0.5, 0.6) is 0 Å². The van der Waals surface area contributed by atoms with E-state index in [0.29, 0.717) is 11.4 Å². The second-order valence-corrected chi connectivity index (χ2v) is 8.24. The number of carbonyl (C=O) groups is 1. The van der Waals surface area contributed by atoms with E-state index in [4.69, 9.17) is 0 Å². The molecule has 6 heteroatoms. The van der Waals surface area contributed by atoms with Gasteiger partial charge in [-0.05, 0) is 62.6 Å². The highest BCUT2D eigenvalue weighted by molar-refractivity contribution is 7.92. The Kier molecular flexibility index (Phi) is 5.52. The van der Waals surface area contributed by atoms with E-state index in [1.807, 2.05) is 45.0 Å². The number of hydrogen-bond donors (Lipinski definition) is 1. The van der Waals surface area contributed by atoms with Crippen LogP contribution in [0, 0.1) is 20.8 Å². The van der Waals surface area contributed by atoms with E-state index in [2.05, 4.69) is 5.32 Å². The lowest BCUT2D eigenvalue weighted by molar-refractivity contribution is -0.116. The van der Waals surface area contributed by atoms with Crippen molar-refractivity contribution >= 4 is 27.3 Å². The molecule has 0 spiro atoms. The van der Waals surface area contributed by atoms with Crippen molar-refractivity contribution < 1.29 is 13.2 Å². The van der Waals surface area contributed by atoms with Crippen LogP contribution in [-0.4, -0.2) is 26.6 Å². The fourth-order valence-electron chi connectivity index (χ4n) is 2.68. The normalized spacial score (nSPS) is 12.5. The van der Waals surface area contributed by atoms with Gasteiger partial charge in [-0.15, -0.1) is 0 Å². The van der Waals surface area contributed by atoms with Gasteiger partial charge in [-0.3, -0.25) is 9.10 Å². The summed E-state index contributed by atoms with van der Waals surface area (Å²) in [5.41, 5.74) is 4.04. The van der Waals surface area contributed by atoms with Crippen molar-refractivity contribution in [3.63, 3.8) is 0 Å². The number of rotatable bonds is 5. The molecule has 0 fully saturated rings. The quantitative estimate of drug-likeness (QED) is 0.888. The number of benzene rings is 2. The van der Waals surface area contributed by atoms with Crippen LogP contribution < -0.4 is 9.62 Å². The smallest absolute Gasteiger partial charge is 0.248 e. The first kappa shape index (κ1) is 19.0. The van der Waals surface area contributed by atoms with Crippen LogP contribution in [0.2, 0.25) is 0 Å². The number of hydrogen-bond acceptors (Lipinski definition) is 3. The highest BCUT2D eigenvalue weighted by Crippen LogP contribution is 2.23. The Hall–Kier alpha value is -2.34. The summed E-state index contributed by atoms with van der Waals surface area (Å²) in [6, 6.07) is 12.0. The number of carbonyl (C=O) groups excluding carboxylic acids is 1. The van der Waals surface area contributed by atoms with E-state index in [0.717, 1.165) is 27.3 Å². The molecule has 0 saturated heterocycles. The van der Waals surface area contributed by atoms with Gasteiger partial charge in [-0.25, -0.2) is 8.42 Å². The van der Waals surface area contributed by atoms with Gasteiger partial charge in [0.05, 0.1) is 11.9 Å². The molecule has 0 aliphatic rings. The van der Waals surface area contributed by atoms with Gasteiger partial charge in [0.1, 0.15) is 6.04 Å². The summed E-state index contributed by atoms with van der Waals surface area (Å²) in [5, 5.41) is 2.84. The van der Waals surface area contributed by atoms with Crippen molar-refractivity contribution in [2.45, 2.75) is 33.7 Å². The summed E-state index contributed by atoms with van der Waals surface area (Å²) >= 11 is 0. The van der Waals surface area contributed by atoms with Crippen LogP contribution in [0.4, 0.5) is 11.4 Å². The zero-order valence-electron chi connectivity index (χ0n) is 15.2.